The molecule has 0 fully saturated rings. The van der Waals surface area contributed by atoms with Gasteiger partial charge in [0, 0.05) is 10.9 Å². The monoisotopic (exact) mass is 343 g/mol. The van der Waals surface area contributed by atoms with Crippen LogP contribution in [0, 0.1) is 17.2 Å². The highest BCUT2D eigenvalue weighted by atomic mass is 79.9. The van der Waals surface area contributed by atoms with Crippen LogP contribution in [-0.4, -0.2) is 12.3 Å². The van der Waals surface area contributed by atoms with Gasteiger partial charge in [0.1, 0.15) is 5.82 Å². The van der Waals surface area contributed by atoms with E-state index in [9.17, 15) is 9.18 Å². The standard InChI is InChI=1S/C16H23BrFNO/c1-16(2,3)11(8-9-19)4-7-15(20)13-10-12(17)5-6-14(13)18/h5-6,10-11H,4,7-9,19H2,1-3H3. The van der Waals surface area contributed by atoms with Gasteiger partial charge in [-0.2, -0.15) is 0 Å². The second-order valence-electron chi connectivity index (χ2n) is 6.23. The van der Waals surface area contributed by atoms with Gasteiger partial charge in [0.2, 0.25) is 0 Å². The zero-order chi connectivity index (χ0) is 15.3. The Bertz CT molecular complexity index is 468. The van der Waals surface area contributed by atoms with E-state index in [0.29, 0.717) is 18.9 Å². The van der Waals surface area contributed by atoms with Gasteiger partial charge in [-0.1, -0.05) is 36.7 Å². The first kappa shape index (κ1) is 17.3. The molecule has 4 heteroatoms. The molecule has 1 aromatic rings. The molecule has 1 unspecified atom stereocenters. The molecule has 0 saturated heterocycles. The molecular weight excluding hydrogens is 321 g/mol. The second-order valence-corrected chi connectivity index (χ2v) is 7.14. The molecule has 0 amide bonds. The summed E-state index contributed by atoms with van der Waals surface area (Å²) >= 11 is 3.27. The summed E-state index contributed by atoms with van der Waals surface area (Å²) in [7, 11) is 0. The van der Waals surface area contributed by atoms with Gasteiger partial charge in [0.05, 0.1) is 5.56 Å². The quantitative estimate of drug-likeness (QED) is 0.769. The molecule has 0 heterocycles. The average molecular weight is 344 g/mol. The van der Waals surface area contributed by atoms with E-state index in [-0.39, 0.29) is 16.8 Å². The van der Waals surface area contributed by atoms with Crippen molar-refractivity contribution in [3.05, 3.63) is 34.1 Å². The van der Waals surface area contributed by atoms with Crippen LogP contribution < -0.4 is 5.73 Å². The minimum Gasteiger partial charge on any atom is -0.330 e. The Morgan fingerprint density at radius 3 is 2.55 bits per heavy atom. The van der Waals surface area contributed by atoms with E-state index in [4.69, 9.17) is 5.73 Å². The van der Waals surface area contributed by atoms with Gasteiger partial charge in [0.15, 0.2) is 5.78 Å². The molecule has 1 rings (SSSR count). The number of benzene rings is 1. The van der Waals surface area contributed by atoms with E-state index in [1.54, 1.807) is 12.1 Å². The van der Waals surface area contributed by atoms with Gasteiger partial charge < -0.3 is 5.73 Å². The van der Waals surface area contributed by atoms with E-state index < -0.39 is 5.82 Å². The Hall–Kier alpha value is -0.740. The first-order valence-electron chi connectivity index (χ1n) is 6.94. The fraction of sp³-hybridized carbons (Fsp3) is 0.562. The first-order chi connectivity index (χ1) is 9.25. The van der Waals surface area contributed by atoms with E-state index in [1.165, 1.54) is 6.07 Å². The van der Waals surface area contributed by atoms with E-state index in [2.05, 4.69) is 36.7 Å². The summed E-state index contributed by atoms with van der Waals surface area (Å²) in [4.78, 5) is 12.2. The number of carbonyl (C=O) groups excluding carboxylic acids is 1. The Balaban J connectivity index is 2.73. The summed E-state index contributed by atoms with van der Waals surface area (Å²) < 4.78 is 14.4. The van der Waals surface area contributed by atoms with Crippen molar-refractivity contribution < 1.29 is 9.18 Å². The molecule has 2 nitrogen and oxygen atoms in total. The Morgan fingerprint density at radius 1 is 1.35 bits per heavy atom. The summed E-state index contributed by atoms with van der Waals surface area (Å²) in [5, 5.41) is 0. The minimum absolute atomic E-state index is 0.107. The lowest BCUT2D eigenvalue weighted by atomic mass is 9.76. The van der Waals surface area contributed by atoms with Crippen LogP contribution in [0.3, 0.4) is 0 Å². The van der Waals surface area contributed by atoms with E-state index in [0.717, 1.165) is 17.3 Å². The van der Waals surface area contributed by atoms with Crippen LogP contribution in [0.2, 0.25) is 0 Å². The van der Waals surface area contributed by atoms with Crippen molar-refractivity contribution in [2.45, 2.75) is 40.0 Å². The third kappa shape index (κ3) is 4.98. The predicted molar refractivity (Wildman–Crippen MR) is 84.3 cm³/mol. The molecule has 0 aromatic heterocycles. The van der Waals surface area contributed by atoms with Crippen LogP contribution in [0.1, 0.15) is 50.4 Å². The molecule has 1 aromatic carbocycles. The van der Waals surface area contributed by atoms with Gasteiger partial charge in [-0.3, -0.25) is 4.79 Å². The van der Waals surface area contributed by atoms with Gasteiger partial charge in [-0.15, -0.1) is 0 Å². The molecule has 0 aliphatic rings. The lowest BCUT2D eigenvalue weighted by molar-refractivity contribution is 0.0954. The minimum atomic E-state index is -0.454. The van der Waals surface area contributed by atoms with Gasteiger partial charge in [-0.25, -0.2) is 4.39 Å². The normalized spacial score (nSPS) is 13.3. The fourth-order valence-corrected chi connectivity index (χ4v) is 2.72. The molecule has 20 heavy (non-hydrogen) atoms. The maximum Gasteiger partial charge on any atom is 0.165 e. The molecule has 0 saturated carbocycles. The highest BCUT2D eigenvalue weighted by Crippen LogP contribution is 2.32. The van der Waals surface area contributed by atoms with Crippen LogP contribution in [0.25, 0.3) is 0 Å². The zero-order valence-electron chi connectivity index (χ0n) is 12.4. The van der Waals surface area contributed by atoms with Crippen LogP contribution >= 0.6 is 15.9 Å². The summed E-state index contributed by atoms with van der Waals surface area (Å²) in [6.45, 7) is 7.06. The molecule has 0 aliphatic heterocycles. The SMILES string of the molecule is CC(C)(C)C(CCN)CCC(=O)c1cc(Br)ccc1F. The molecule has 0 bridgehead atoms. The van der Waals surface area contributed by atoms with Gasteiger partial charge in [-0.05, 0) is 48.9 Å². The van der Waals surface area contributed by atoms with Crippen LogP contribution in [-0.2, 0) is 0 Å². The van der Waals surface area contributed by atoms with Gasteiger partial charge in [0.25, 0.3) is 0 Å². The maximum absolute atomic E-state index is 13.7. The Kier molecular flexibility index (Phi) is 6.34. The van der Waals surface area contributed by atoms with E-state index in [1.807, 2.05) is 0 Å². The average Bonchev–Trinajstić information content (AvgIpc) is 2.35. The van der Waals surface area contributed by atoms with Crippen LogP contribution in [0.5, 0.6) is 0 Å². The lowest BCUT2D eigenvalue weighted by Crippen LogP contribution is -2.24. The van der Waals surface area contributed by atoms with Crippen molar-refractivity contribution in [1.82, 2.24) is 0 Å². The van der Waals surface area contributed by atoms with Crippen molar-refractivity contribution in [3.8, 4) is 0 Å². The highest BCUT2D eigenvalue weighted by Gasteiger charge is 2.25. The molecule has 112 valence electrons. The fourth-order valence-electron chi connectivity index (χ4n) is 2.36. The number of halogens is 2. The molecule has 0 radical (unpaired) electrons. The predicted octanol–water partition coefficient (Wildman–Crippen LogP) is 4.56. The van der Waals surface area contributed by atoms with Gasteiger partial charge >= 0.3 is 0 Å². The highest BCUT2D eigenvalue weighted by molar-refractivity contribution is 9.10. The summed E-state index contributed by atoms with van der Waals surface area (Å²) in [5.41, 5.74) is 5.91. The first-order valence-corrected chi connectivity index (χ1v) is 7.73. The third-order valence-electron chi connectivity index (χ3n) is 3.69. The number of hydrogen-bond acceptors (Lipinski definition) is 2. The second kappa shape index (κ2) is 7.32. The number of carbonyl (C=O) groups is 1. The van der Waals surface area contributed by atoms with Crippen LogP contribution in [0.4, 0.5) is 4.39 Å². The Labute approximate surface area is 129 Å². The molecule has 1 atom stereocenters. The van der Waals surface area contributed by atoms with Crippen molar-refractivity contribution >= 4 is 21.7 Å². The van der Waals surface area contributed by atoms with Crippen molar-refractivity contribution in [3.63, 3.8) is 0 Å². The number of Topliss-reactive ketones (excluding diaryl/α,β-unsaturated/α-hetero) is 1. The Morgan fingerprint density at radius 2 is 2.00 bits per heavy atom. The largest absolute Gasteiger partial charge is 0.330 e. The smallest absolute Gasteiger partial charge is 0.165 e. The van der Waals surface area contributed by atoms with Crippen molar-refractivity contribution in [2.75, 3.05) is 6.54 Å². The molecule has 0 spiro atoms. The number of ketones is 1. The summed E-state index contributed by atoms with van der Waals surface area (Å²) in [6, 6.07) is 4.46. The number of nitrogens with two attached hydrogens (primary N) is 1. The molecular formula is C16H23BrFNO. The third-order valence-corrected chi connectivity index (χ3v) is 4.18. The topological polar surface area (TPSA) is 43.1 Å². The zero-order valence-corrected chi connectivity index (χ0v) is 14.0. The lowest BCUT2D eigenvalue weighted by Gasteiger charge is -2.30. The summed E-state index contributed by atoms with van der Waals surface area (Å²) in [5.74, 6) is -0.230. The molecule has 0 aliphatic carbocycles. The van der Waals surface area contributed by atoms with Crippen molar-refractivity contribution in [1.29, 1.82) is 0 Å². The maximum atomic E-state index is 13.7. The number of hydrogen-bond donors (Lipinski definition) is 1. The van der Waals surface area contributed by atoms with E-state index >= 15 is 0 Å². The summed E-state index contributed by atoms with van der Waals surface area (Å²) in [6.07, 6.45) is 1.98. The molecule has 2 N–H and O–H groups in total. The number of rotatable bonds is 6. The van der Waals surface area contributed by atoms with Crippen LogP contribution in [0.15, 0.2) is 22.7 Å². The van der Waals surface area contributed by atoms with Crippen molar-refractivity contribution in [2.24, 2.45) is 17.1 Å².